The predicted molar refractivity (Wildman–Crippen MR) is 144 cm³/mol. The minimum atomic E-state index is -4.14. The Kier molecular flexibility index (Phi) is 11.2. The molecule has 0 bridgehead atoms. The van der Waals surface area contributed by atoms with Gasteiger partial charge in [-0.2, -0.15) is 4.31 Å². The van der Waals surface area contributed by atoms with Crippen LogP contribution >= 0.6 is 0 Å². The largest absolute Gasteiger partial charge is 0.492 e. The van der Waals surface area contributed by atoms with Crippen LogP contribution in [0.15, 0.2) is 53.4 Å². The smallest absolute Gasteiger partial charge is 0.410 e. The van der Waals surface area contributed by atoms with Crippen molar-refractivity contribution >= 4 is 22.0 Å². The van der Waals surface area contributed by atoms with Gasteiger partial charge in [0.15, 0.2) is 0 Å². The zero-order chi connectivity index (χ0) is 29.2. The Morgan fingerprint density at radius 3 is 2.10 bits per heavy atom. The molecule has 2 N–H and O–H groups in total. The normalized spacial score (nSPS) is 12.1. The first-order valence-corrected chi connectivity index (χ1v) is 13.5. The number of carbonyl (C=O) groups is 2. The van der Waals surface area contributed by atoms with Crippen molar-refractivity contribution in [2.24, 2.45) is 0 Å². The number of amides is 2. The molecular formula is C27H35N3O8S. The van der Waals surface area contributed by atoms with Gasteiger partial charge in [-0.3, -0.25) is 10.0 Å². The fraction of sp³-hybridized carbons (Fsp3) is 0.407. The van der Waals surface area contributed by atoms with Crippen LogP contribution in [0.5, 0.6) is 11.5 Å². The number of ether oxygens (including phenoxy) is 3. The predicted octanol–water partition coefficient (Wildman–Crippen LogP) is 3.20. The molecule has 2 amide bonds. The van der Waals surface area contributed by atoms with Gasteiger partial charge in [0, 0.05) is 14.1 Å². The van der Waals surface area contributed by atoms with Crippen molar-refractivity contribution in [3.63, 3.8) is 0 Å². The SMILES string of the molecule is CC#CCOc1ccc(S(=O)(=O)N(C)C(C(=O)NO)c2ccc(OCCN(C)C(=O)OC(C)(C)C)cc2)cc1. The second-order valence-corrected chi connectivity index (χ2v) is 11.4. The van der Waals surface area contributed by atoms with Crippen LogP contribution in [0, 0.1) is 11.8 Å². The van der Waals surface area contributed by atoms with Crippen LogP contribution in [0.2, 0.25) is 0 Å². The van der Waals surface area contributed by atoms with E-state index in [9.17, 15) is 23.2 Å². The van der Waals surface area contributed by atoms with E-state index >= 15 is 0 Å². The van der Waals surface area contributed by atoms with Crippen LogP contribution < -0.4 is 15.0 Å². The third kappa shape index (κ3) is 9.17. The van der Waals surface area contributed by atoms with Crippen molar-refractivity contribution < 1.29 is 37.4 Å². The van der Waals surface area contributed by atoms with Crippen LogP contribution in [0.1, 0.15) is 39.3 Å². The molecule has 11 nitrogen and oxygen atoms in total. The highest BCUT2D eigenvalue weighted by molar-refractivity contribution is 7.89. The molecule has 0 saturated heterocycles. The topological polar surface area (TPSA) is 135 Å². The molecule has 0 saturated carbocycles. The van der Waals surface area contributed by atoms with E-state index in [2.05, 4.69) is 11.8 Å². The van der Waals surface area contributed by atoms with Crippen LogP contribution in [-0.4, -0.2) is 74.3 Å². The summed E-state index contributed by atoms with van der Waals surface area (Å²) in [5, 5.41) is 9.31. The standard InChI is InChI=1S/C27H35N3O8S/c1-7-8-18-36-22-13-15-23(16-14-22)39(34,35)30(6)24(25(31)28-33)20-9-11-21(12-10-20)37-19-17-29(5)26(32)38-27(2,3)4/h9-16,24,33H,17-19H2,1-6H3,(H,28,31). The van der Waals surface area contributed by atoms with Gasteiger partial charge in [0.1, 0.15) is 36.4 Å². The number of rotatable bonds is 11. The summed E-state index contributed by atoms with van der Waals surface area (Å²) in [4.78, 5) is 25.9. The van der Waals surface area contributed by atoms with E-state index in [0.29, 0.717) is 17.1 Å². The van der Waals surface area contributed by atoms with E-state index in [1.54, 1.807) is 46.9 Å². The minimum Gasteiger partial charge on any atom is -0.492 e. The summed E-state index contributed by atoms with van der Waals surface area (Å²) >= 11 is 0. The summed E-state index contributed by atoms with van der Waals surface area (Å²) in [7, 11) is -1.30. The lowest BCUT2D eigenvalue weighted by Crippen LogP contribution is -2.40. The maximum Gasteiger partial charge on any atom is 0.410 e. The quantitative estimate of drug-likeness (QED) is 0.243. The van der Waals surface area contributed by atoms with E-state index in [0.717, 1.165) is 4.31 Å². The number of sulfonamides is 1. The van der Waals surface area contributed by atoms with Gasteiger partial charge >= 0.3 is 6.09 Å². The lowest BCUT2D eigenvalue weighted by molar-refractivity contribution is -0.133. The summed E-state index contributed by atoms with van der Waals surface area (Å²) in [6.07, 6.45) is -0.475. The number of hydroxylamine groups is 1. The van der Waals surface area contributed by atoms with Crippen LogP contribution in [0.4, 0.5) is 4.79 Å². The van der Waals surface area contributed by atoms with E-state index in [1.807, 2.05) is 0 Å². The number of hydrogen-bond donors (Lipinski definition) is 2. The molecule has 2 aromatic rings. The number of carbonyl (C=O) groups excluding carboxylic acids is 2. The lowest BCUT2D eigenvalue weighted by Gasteiger charge is -2.26. The van der Waals surface area contributed by atoms with E-state index in [1.165, 1.54) is 53.8 Å². The van der Waals surface area contributed by atoms with Gasteiger partial charge in [-0.1, -0.05) is 18.1 Å². The Morgan fingerprint density at radius 1 is 1.00 bits per heavy atom. The van der Waals surface area contributed by atoms with Crippen molar-refractivity contribution in [3.8, 4) is 23.3 Å². The van der Waals surface area contributed by atoms with E-state index < -0.39 is 33.7 Å². The number of nitrogens with zero attached hydrogens (tertiary/aromatic N) is 2. The fourth-order valence-electron chi connectivity index (χ4n) is 3.27. The molecule has 0 aliphatic rings. The molecule has 212 valence electrons. The van der Waals surface area contributed by atoms with Gasteiger partial charge in [0.25, 0.3) is 5.91 Å². The maximum atomic E-state index is 13.3. The average Bonchev–Trinajstić information content (AvgIpc) is 2.88. The van der Waals surface area contributed by atoms with Gasteiger partial charge in [-0.15, -0.1) is 5.92 Å². The molecule has 0 aromatic heterocycles. The second kappa shape index (κ2) is 13.8. The molecule has 2 aromatic carbocycles. The molecule has 12 heteroatoms. The Hall–Kier alpha value is -3.79. The Labute approximate surface area is 229 Å². The zero-order valence-corrected chi connectivity index (χ0v) is 23.7. The first-order chi connectivity index (χ1) is 18.3. The van der Waals surface area contributed by atoms with Gasteiger partial charge < -0.3 is 19.1 Å². The molecule has 1 atom stereocenters. The van der Waals surface area contributed by atoms with Crippen LogP contribution in [-0.2, 0) is 19.6 Å². The van der Waals surface area contributed by atoms with E-state index in [-0.39, 0.29) is 24.7 Å². The van der Waals surface area contributed by atoms with Gasteiger partial charge in [0.2, 0.25) is 10.0 Å². The number of benzene rings is 2. The first kappa shape index (κ1) is 31.4. The van der Waals surface area contributed by atoms with Gasteiger partial charge in [-0.25, -0.2) is 18.7 Å². The Bertz CT molecular complexity index is 1280. The fourth-order valence-corrected chi connectivity index (χ4v) is 4.58. The first-order valence-electron chi connectivity index (χ1n) is 12.0. The summed E-state index contributed by atoms with van der Waals surface area (Å²) in [5.74, 6) is 5.39. The third-order valence-corrected chi connectivity index (χ3v) is 7.14. The highest BCUT2D eigenvalue weighted by Crippen LogP contribution is 2.28. The second-order valence-electron chi connectivity index (χ2n) is 9.41. The highest BCUT2D eigenvalue weighted by Gasteiger charge is 2.34. The summed E-state index contributed by atoms with van der Waals surface area (Å²) in [5.41, 5.74) is 1.22. The molecule has 0 fully saturated rings. The van der Waals surface area contributed by atoms with Crippen molar-refractivity contribution in [3.05, 3.63) is 54.1 Å². The third-order valence-electron chi connectivity index (χ3n) is 5.31. The summed E-state index contributed by atoms with van der Waals surface area (Å²) in [6.45, 7) is 7.63. The highest BCUT2D eigenvalue weighted by atomic mass is 32.2. The molecule has 2 rings (SSSR count). The summed E-state index contributed by atoms with van der Waals surface area (Å²) in [6, 6.07) is 10.5. The molecule has 0 spiro atoms. The van der Waals surface area contributed by atoms with Crippen LogP contribution in [0.3, 0.4) is 0 Å². The zero-order valence-electron chi connectivity index (χ0n) is 22.9. The van der Waals surface area contributed by atoms with Crippen molar-refractivity contribution in [1.29, 1.82) is 0 Å². The summed E-state index contributed by atoms with van der Waals surface area (Å²) < 4.78 is 43.8. The Morgan fingerprint density at radius 2 is 1.56 bits per heavy atom. The molecule has 39 heavy (non-hydrogen) atoms. The molecule has 0 aliphatic carbocycles. The molecule has 0 aliphatic heterocycles. The average molecular weight is 562 g/mol. The maximum absolute atomic E-state index is 13.3. The van der Waals surface area contributed by atoms with Crippen LogP contribution in [0.25, 0.3) is 0 Å². The van der Waals surface area contributed by atoms with Crippen molar-refractivity contribution in [2.45, 2.75) is 44.2 Å². The molecule has 1 unspecified atom stereocenters. The minimum absolute atomic E-state index is 0.0660. The number of likely N-dealkylation sites (N-methyl/N-ethyl adjacent to an activating group) is 2. The van der Waals surface area contributed by atoms with Gasteiger partial charge in [-0.05, 0) is 69.7 Å². The molecule has 0 heterocycles. The number of hydrogen-bond acceptors (Lipinski definition) is 8. The number of nitrogens with one attached hydrogen (secondary N) is 1. The van der Waals surface area contributed by atoms with Gasteiger partial charge in [0.05, 0.1) is 11.4 Å². The van der Waals surface area contributed by atoms with Crippen molar-refractivity contribution in [2.75, 3.05) is 33.9 Å². The molecular weight excluding hydrogens is 526 g/mol. The van der Waals surface area contributed by atoms with Crippen molar-refractivity contribution in [1.82, 2.24) is 14.7 Å². The lowest BCUT2D eigenvalue weighted by atomic mass is 10.1. The monoisotopic (exact) mass is 561 g/mol. The van der Waals surface area contributed by atoms with E-state index in [4.69, 9.17) is 14.2 Å². The molecule has 0 radical (unpaired) electrons. The Balaban J connectivity index is 2.12.